The number of esters is 1. The lowest BCUT2D eigenvalue weighted by Crippen LogP contribution is -2.13. The number of hydrogen-bond acceptors (Lipinski definition) is 5. The molecule has 2 aromatic rings. The van der Waals surface area contributed by atoms with Crippen molar-refractivity contribution in [3.8, 4) is 0 Å². The van der Waals surface area contributed by atoms with Crippen LogP contribution in [0, 0.1) is 3.70 Å². The van der Waals surface area contributed by atoms with E-state index in [1.165, 1.54) is 11.3 Å². The molecule has 2 heterocycles. The first-order valence-corrected chi connectivity index (χ1v) is 7.37. The number of ether oxygens (including phenoxy) is 1. The largest absolute Gasteiger partial charge is 0.462 e. The summed E-state index contributed by atoms with van der Waals surface area (Å²) < 4.78 is 7.05. The standard InChI is InChI=1S/C12H13IN2O2S/c1-4-17-12(16)10-8(15(2)3)7-5-6-14-11(13)9(7)18-10/h5-6H,4H2,1-3H3. The number of fused-ring (bicyclic) bond motifs is 1. The van der Waals surface area contributed by atoms with E-state index in [0.29, 0.717) is 11.5 Å². The summed E-state index contributed by atoms with van der Waals surface area (Å²) in [4.78, 5) is 18.8. The van der Waals surface area contributed by atoms with Crippen LogP contribution in [0.2, 0.25) is 0 Å². The summed E-state index contributed by atoms with van der Waals surface area (Å²) in [7, 11) is 3.86. The van der Waals surface area contributed by atoms with Gasteiger partial charge in [-0.25, -0.2) is 9.78 Å². The molecular weight excluding hydrogens is 363 g/mol. The molecule has 0 aliphatic rings. The third kappa shape index (κ3) is 2.31. The summed E-state index contributed by atoms with van der Waals surface area (Å²) in [5.74, 6) is -0.266. The fraction of sp³-hybridized carbons (Fsp3) is 0.333. The average Bonchev–Trinajstić information content (AvgIpc) is 2.70. The third-order valence-electron chi connectivity index (χ3n) is 2.44. The van der Waals surface area contributed by atoms with Gasteiger partial charge in [0.25, 0.3) is 0 Å². The second-order valence-corrected chi connectivity index (χ2v) is 5.92. The summed E-state index contributed by atoms with van der Waals surface area (Å²) in [5.41, 5.74) is 0.911. The molecule has 96 valence electrons. The first kappa shape index (κ1) is 13.5. The molecule has 2 aromatic heterocycles. The van der Waals surface area contributed by atoms with Crippen LogP contribution in [-0.4, -0.2) is 31.7 Å². The van der Waals surface area contributed by atoms with Gasteiger partial charge in [-0.1, -0.05) is 0 Å². The van der Waals surface area contributed by atoms with Crippen molar-refractivity contribution in [2.24, 2.45) is 0 Å². The lowest BCUT2D eigenvalue weighted by atomic mass is 10.2. The Labute approximate surface area is 123 Å². The molecular formula is C12H13IN2O2S. The molecule has 6 heteroatoms. The molecule has 0 fully saturated rings. The van der Waals surface area contributed by atoms with Crippen LogP contribution in [0.25, 0.3) is 10.1 Å². The van der Waals surface area contributed by atoms with E-state index in [-0.39, 0.29) is 5.97 Å². The van der Waals surface area contributed by atoms with E-state index >= 15 is 0 Å². The van der Waals surface area contributed by atoms with Crippen LogP contribution in [0.3, 0.4) is 0 Å². The minimum atomic E-state index is -0.266. The van der Waals surface area contributed by atoms with Gasteiger partial charge >= 0.3 is 5.97 Å². The summed E-state index contributed by atoms with van der Waals surface area (Å²) >= 11 is 3.63. The second-order valence-electron chi connectivity index (χ2n) is 3.87. The molecule has 0 amide bonds. The molecule has 0 unspecified atom stereocenters. The van der Waals surface area contributed by atoms with Crippen molar-refractivity contribution in [2.75, 3.05) is 25.6 Å². The molecule has 0 bridgehead atoms. The Morgan fingerprint density at radius 2 is 2.28 bits per heavy atom. The Kier molecular flexibility index (Phi) is 4.06. The van der Waals surface area contributed by atoms with Crippen LogP contribution in [0.4, 0.5) is 5.69 Å². The van der Waals surface area contributed by atoms with Gasteiger partial charge in [0.15, 0.2) is 0 Å². The lowest BCUT2D eigenvalue weighted by molar-refractivity contribution is 0.0533. The predicted octanol–water partition coefficient (Wildman–Crippen LogP) is 3.14. The van der Waals surface area contributed by atoms with Crippen LogP contribution in [0.1, 0.15) is 16.6 Å². The molecule has 0 spiro atoms. The Balaban J connectivity index is 2.69. The van der Waals surface area contributed by atoms with Crippen molar-refractivity contribution in [1.82, 2.24) is 4.98 Å². The molecule has 0 aliphatic carbocycles. The molecule has 4 nitrogen and oxygen atoms in total. The number of halogens is 1. The molecule has 0 aromatic carbocycles. The maximum atomic E-state index is 12.0. The maximum Gasteiger partial charge on any atom is 0.350 e. The number of thiophene rings is 1. The molecule has 0 N–H and O–H groups in total. The van der Waals surface area contributed by atoms with Crippen molar-refractivity contribution in [3.05, 3.63) is 20.8 Å². The van der Waals surface area contributed by atoms with Crippen molar-refractivity contribution in [1.29, 1.82) is 0 Å². The van der Waals surface area contributed by atoms with Crippen molar-refractivity contribution < 1.29 is 9.53 Å². The fourth-order valence-corrected chi connectivity index (χ4v) is 3.69. The van der Waals surface area contributed by atoms with Crippen LogP contribution in [0.5, 0.6) is 0 Å². The highest BCUT2D eigenvalue weighted by molar-refractivity contribution is 14.1. The van der Waals surface area contributed by atoms with Gasteiger partial charge in [-0.3, -0.25) is 0 Å². The highest BCUT2D eigenvalue weighted by Gasteiger charge is 2.22. The Hall–Kier alpha value is -0.890. The molecule has 0 saturated carbocycles. The Morgan fingerprint density at radius 3 is 2.89 bits per heavy atom. The minimum Gasteiger partial charge on any atom is -0.462 e. The minimum absolute atomic E-state index is 0.266. The molecule has 0 atom stereocenters. The summed E-state index contributed by atoms with van der Waals surface area (Å²) in [6.45, 7) is 2.20. The number of anilines is 1. The zero-order valence-electron chi connectivity index (χ0n) is 10.4. The number of pyridine rings is 1. The Bertz CT molecular complexity index is 595. The first-order valence-electron chi connectivity index (χ1n) is 5.47. The molecule has 18 heavy (non-hydrogen) atoms. The highest BCUT2D eigenvalue weighted by Crippen LogP contribution is 2.39. The topological polar surface area (TPSA) is 42.4 Å². The molecule has 2 rings (SSSR count). The molecule has 0 radical (unpaired) electrons. The monoisotopic (exact) mass is 376 g/mol. The smallest absolute Gasteiger partial charge is 0.350 e. The average molecular weight is 376 g/mol. The van der Waals surface area contributed by atoms with Crippen molar-refractivity contribution >= 4 is 55.7 Å². The SMILES string of the molecule is CCOC(=O)c1sc2c(I)nccc2c1N(C)C. The first-order chi connectivity index (χ1) is 8.56. The second kappa shape index (κ2) is 5.40. The number of hydrogen-bond donors (Lipinski definition) is 0. The summed E-state index contributed by atoms with van der Waals surface area (Å²) in [6, 6.07) is 1.94. The van der Waals surface area contributed by atoms with Gasteiger partial charge in [0.2, 0.25) is 0 Å². The van der Waals surface area contributed by atoms with Gasteiger partial charge in [-0.15, -0.1) is 11.3 Å². The summed E-state index contributed by atoms with van der Waals surface area (Å²) in [5, 5.41) is 1.05. The van der Waals surface area contributed by atoms with E-state index in [0.717, 1.165) is 19.5 Å². The number of carbonyl (C=O) groups is 1. The zero-order chi connectivity index (χ0) is 13.3. The number of aromatic nitrogens is 1. The van der Waals surface area contributed by atoms with E-state index in [1.54, 1.807) is 6.20 Å². The summed E-state index contributed by atoms with van der Waals surface area (Å²) in [6.07, 6.45) is 1.76. The Morgan fingerprint density at radius 1 is 1.56 bits per heavy atom. The molecule has 0 saturated heterocycles. The van der Waals surface area contributed by atoms with E-state index in [4.69, 9.17) is 4.74 Å². The lowest BCUT2D eigenvalue weighted by Gasteiger charge is -2.13. The molecule has 0 aliphatic heterocycles. The quantitative estimate of drug-likeness (QED) is 0.469. The number of carbonyl (C=O) groups excluding carboxylic acids is 1. The van der Waals surface area contributed by atoms with Gasteiger partial charge in [-0.05, 0) is 35.6 Å². The van der Waals surface area contributed by atoms with Gasteiger partial charge < -0.3 is 9.64 Å². The number of rotatable bonds is 3. The normalized spacial score (nSPS) is 10.7. The van der Waals surface area contributed by atoms with E-state index in [2.05, 4.69) is 27.6 Å². The van der Waals surface area contributed by atoms with E-state index in [9.17, 15) is 4.79 Å². The van der Waals surface area contributed by atoms with Crippen molar-refractivity contribution in [3.63, 3.8) is 0 Å². The van der Waals surface area contributed by atoms with Gasteiger partial charge in [0.1, 0.15) is 8.58 Å². The van der Waals surface area contributed by atoms with Gasteiger partial charge in [0, 0.05) is 25.7 Å². The van der Waals surface area contributed by atoms with Crippen LogP contribution in [-0.2, 0) is 4.74 Å². The van der Waals surface area contributed by atoms with E-state index < -0.39 is 0 Å². The highest BCUT2D eigenvalue weighted by atomic mass is 127. The van der Waals surface area contributed by atoms with E-state index in [1.807, 2.05) is 32.0 Å². The van der Waals surface area contributed by atoms with Gasteiger partial charge in [-0.2, -0.15) is 0 Å². The zero-order valence-corrected chi connectivity index (χ0v) is 13.3. The number of nitrogens with zero attached hydrogens (tertiary/aromatic N) is 2. The van der Waals surface area contributed by atoms with Crippen molar-refractivity contribution in [2.45, 2.75) is 6.92 Å². The third-order valence-corrected chi connectivity index (χ3v) is 4.81. The van der Waals surface area contributed by atoms with Crippen LogP contribution >= 0.6 is 33.9 Å². The predicted molar refractivity (Wildman–Crippen MR) is 82.6 cm³/mol. The van der Waals surface area contributed by atoms with Crippen LogP contribution in [0.15, 0.2) is 12.3 Å². The fourth-order valence-electron chi connectivity index (χ4n) is 1.76. The van der Waals surface area contributed by atoms with Crippen LogP contribution < -0.4 is 4.90 Å². The van der Waals surface area contributed by atoms with Gasteiger partial charge in [0.05, 0.1) is 17.0 Å². The maximum absolute atomic E-state index is 12.0.